The van der Waals surface area contributed by atoms with E-state index in [2.05, 4.69) is 21.3 Å². The number of imidazole rings is 1. The smallest absolute Gasteiger partial charge is 0.266 e. The number of rotatable bonds is 8. The summed E-state index contributed by atoms with van der Waals surface area (Å²) >= 11 is 24.3. The van der Waals surface area contributed by atoms with Gasteiger partial charge in [-0.2, -0.15) is 0 Å². The van der Waals surface area contributed by atoms with Crippen LogP contribution >= 0.6 is 46.4 Å². The van der Waals surface area contributed by atoms with Crippen LogP contribution in [0.2, 0.25) is 20.1 Å². The second kappa shape index (κ2) is 13.8. The van der Waals surface area contributed by atoms with Gasteiger partial charge in [-0.3, -0.25) is 19.2 Å². The third kappa shape index (κ3) is 8.05. The van der Waals surface area contributed by atoms with E-state index < -0.39 is 35.1 Å². The van der Waals surface area contributed by atoms with Gasteiger partial charge in [0.1, 0.15) is 22.4 Å². The van der Waals surface area contributed by atoms with Gasteiger partial charge in [0.05, 0.1) is 32.8 Å². The molecule has 0 fully saturated rings. The minimum atomic E-state index is -0.551. The van der Waals surface area contributed by atoms with Gasteiger partial charge in [-0.05, 0) is 12.1 Å². The summed E-state index contributed by atoms with van der Waals surface area (Å²) in [6.07, 6.45) is 4.53. The predicted octanol–water partition coefficient (Wildman–Crippen LogP) is 0.999. The van der Waals surface area contributed by atoms with Crippen LogP contribution in [0.25, 0.3) is 0 Å². The molecule has 3 aromatic rings. The zero-order valence-electron chi connectivity index (χ0n) is 20.6. The summed E-state index contributed by atoms with van der Waals surface area (Å²) in [5.41, 5.74) is -0.115. The molecule has 12 nitrogen and oxygen atoms in total. The van der Waals surface area contributed by atoms with E-state index >= 15 is 0 Å². The first-order chi connectivity index (χ1) is 18.3. The van der Waals surface area contributed by atoms with Crippen LogP contribution < -0.4 is 38.2 Å². The van der Waals surface area contributed by atoms with Gasteiger partial charge in [-0.25, -0.2) is 9.13 Å². The van der Waals surface area contributed by atoms with Gasteiger partial charge in [-0.1, -0.05) is 46.4 Å². The van der Waals surface area contributed by atoms with Crippen molar-refractivity contribution in [3.8, 4) is 11.5 Å². The fourth-order valence-electron chi connectivity index (χ4n) is 3.33. The van der Waals surface area contributed by atoms with Crippen LogP contribution in [-0.2, 0) is 32.3 Å². The first-order valence-electron chi connectivity index (χ1n) is 10.9. The van der Waals surface area contributed by atoms with Crippen molar-refractivity contribution >= 4 is 92.8 Å². The maximum Gasteiger partial charge on any atom is 0.266 e. The quantitative estimate of drug-likeness (QED) is 0.157. The summed E-state index contributed by atoms with van der Waals surface area (Å²) < 4.78 is 2.92. The molecule has 0 unspecified atom stereocenters. The number of benzene rings is 2. The Kier molecular flexibility index (Phi) is 11.3. The van der Waals surface area contributed by atoms with E-state index in [0.717, 1.165) is 0 Å². The highest BCUT2D eigenvalue weighted by molar-refractivity contribution is 6.42. The van der Waals surface area contributed by atoms with Gasteiger partial charge in [0, 0.05) is 13.8 Å². The third-order valence-corrected chi connectivity index (χ3v) is 6.27. The highest BCUT2D eigenvalue weighted by Gasteiger charge is 2.21. The Morgan fingerprint density at radius 3 is 1.70 bits per heavy atom. The fourth-order valence-corrected chi connectivity index (χ4v) is 4.43. The van der Waals surface area contributed by atoms with Crippen molar-refractivity contribution in [2.75, 3.05) is 21.3 Å². The maximum atomic E-state index is 12.5. The number of phenolic OH excluding ortho intramolecular Hbond substituents is 2. The van der Waals surface area contributed by atoms with Crippen LogP contribution in [0, 0.1) is 0 Å². The van der Waals surface area contributed by atoms with Gasteiger partial charge in [0.15, 0.2) is 24.6 Å². The van der Waals surface area contributed by atoms with Crippen LogP contribution in [-0.4, -0.2) is 38.4 Å². The molecule has 0 aliphatic heterocycles. The van der Waals surface area contributed by atoms with E-state index in [1.807, 2.05) is 0 Å². The number of hydrogen-bond acceptors (Lipinski definition) is 6. The summed E-state index contributed by atoms with van der Waals surface area (Å²) in [5.74, 6) is -2.96. The number of carbonyl (C=O) groups excluding carboxylic acids is 4. The third-order valence-electron chi connectivity index (χ3n) is 4.93. The molecular weight excluding hydrogens is 634 g/mol. The minimum absolute atomic E-state index is 0. The molecule has 40 heavy (non-hydrogen) atoms. The van der Waals surface area contributed by atoms with Crippen molar-refractivity contribution in [1.29, 1.82) is 0 Å². The van der Waals surface area contributed by atoms with Crippen molar-refractivity contribution in [3.05, 3.63) is 50.9 Å². The number of amides is 4. The Balaban J connectivity index is 0.00000560. The molecule has 0 aliphatic rings. The molecule has 0 bridgehead atoms. The van der Waals surface area contributed by atoms with Gasteiger partial charge in [0.2, 0.25) is 18.1 Å². The molecule has 0 saturated carbocycles. The number of halogens is 5. The SMILES string of the molecule is CC(=O)Nc1c(Cl)cc(NC(=O)Cn2cc[n+](CC(=O)Nc3cc(Cl)c(NC(C)=O)c(Cl)c3O)c2)c(O)c1Cl.[Cl-]. The molecule has 17 heteroatoms. The summed E-state index contributed by atoms with van der Waals surface area (Å²) in [4.78, 5) is 47.6. The molecule has 4 amide bonds. The van der Waals surface area contributed by atoms with Gasteiger partial charge < -0.3 is 43.9 Å². The van der Waals surface area contributed by atoms with Crippen molar-refractivity contribution in [1.82, 2.24) is 4.57 Å². The molecule has 2 aromatic carbocycles. The normalized spacial score (nSPS) is 10.3. The van der Waals surface area contributed by atoms with E-state index in [-0.39, 0.29) is 68.3 Å². The van der Waals surface area contributed by atoms with Crippen molar-refractivity contribution in [2.45, 2.75) is 26.9 Å². The standard InChI is InChI=1S/C23H20Cl4N6O6.ClH/c1-10(34)28-20-12(24)5-14(22(38)18(20)26)30-16(36)7-32-3-4-33(9-32)8-17(37)31-15-6-13(25)21(29-11(2)35)19(27)23(15)39;/h3-6,9H,7-8H2,1-2H3,(H5-,28,29,30,31,34,35,36,37,38,39);1H. The summed E-state index contributed by atoms with van der Waals surface area (Å²) in [6, 6.07) is 2.48. The summed E-state index contributed by atoms with van der Waals surface area (Å²) in [6.45, 7) is 2.09. The highest BCUT2D eigenvalue weighted by Crippen LogP contribution is 2.43. The van der Waals surface area contributed by atoms with Crippen LogP contribution in [0.1, 0.15) is 13.8 Å². The molecule has 3 rings (SSSR count). The van der Waals surface area contributed by atoms with E-state index in [9.17, 15) is 29.4 Å². The molecule has 1 heterocycles. The maximum absolute atomic E-state index is 12.5. The van der Waals surface area contributed by atoms with Crippen LogP contribution in [0.3, 0.4) is 0 Å². The number of anilines is 4. The van der Waals surface area contributed by atoms with Crippen LogP contribution in [0.5, 0.6) is 11.5 Å². The Bertz CT molecular complexity index is 1390. The van der Waals surface area contributed by atoms with Crippen molar-refractivity contribution < 1.29 is 46.4 Å². The van der Waals surface area contributed by atoms with Gasteiger partial charge >= 0.3 is 0 Å². The van der Waals surface area contributed by atoms with E-state index in [4.69, 9.17) is 46.4 Å². The Morgan fingerprint density at radius 2 is 1.25 bits per heavy atom. The fraction of sp³-hybridized carbons (Fsp3) is 0.174. The number of nitrogens with zero attached hydrogens (tertiary/aromatic N) is 2. The Hall–Kier alpha value is -3.42. The number of phenols is 2. The van der Waals surface area contributed by atoms with E-state index in [0.29, 0.717) is 0 Å². The lowest BCUT2D eigenvalue weighted by atomic mass is 10.2. The van der Waals surface area contributed by atoms with Crippen molar-refractivity contribution in [2.24, 2.45) is 0 Å². The number of aromatic nitrogens is 2. The lowest BCUT2D eigenvalue weighted by molar-refractivity contribution is -0.683. The topological polar surface area (TPSA) is 166 Å². The van der Waals surface area contributed by atoms with E-state index in [1.54, 1.807) is 0 Å². The van der Waals surface area contributed by atoms with Crippen LogP contribution in [0.4, 0.5) is 22.7 Å². The lowest BCUT2D eigenvalue weighted by Crippen LogP contribution is -3.00. The van der Waals surface area contributed by atoms with E-state index in [1.165, 1.54) is 53.8 Å². The second-order valence-corrected chi connectivity index (χ2v) is 9.67. The summed E-state index contributed by atoms with van der Waals surface area (Å²) in [7, 11) is 0. The lowest BCUT2D eigenvalue weighted by Gasteiger charge is -2.13. The molecule has 0 aliphatic carbocycles. The average molecular weight is 655 g/mol. The Morgan fingerprint density at radius 1 is 0.800 bits per heavy atom. The molecule has 214 valence electrons. The second-order valence-electron chi connectivity index (χ2n) is 8.10. The molecular formula is C23H21Cl5N6O6. The molecule has 0 saturated heterocycles. The number of hydrogen-bond donors (Lipinski definition) is 6. The monoisotopic (exact) mass is 652 g/mol. The predicted molar refractivity (Wildman–Crippen MR) is 147 cm³/mol. The zero-order valence-corrected chi connectivity index (χ0v) is 24.4. The average Bonchev–Trinajstić information content (AvgIpc) is 3.27. The first-order valence-corrected chi connectivity index (χ1v) is 12.4. The van der Waals surface area contributed by atoms with Gasteiger partial charge in [-0.15, -0.1) is 0 Å². The van der Waals surface area contributed by atoms with Gasteiger partial charge in [0.25, 0.3) is 11.8 Å². The minimum Gasteiger partial charge on any atom is -1.00 e. The molecule has 6 N–H and O–H groups in total. The number of carbonyl (C=O) groups is 4. The Labute approximate surface area is 253 Å². The molecule has 1 aromatic heterocycles. The number of aromatic hydroxyl groups is 2. The van der Waals surface area contributed by atoms with Crippen LogP contribution in [0.15, 0.2) is 30.9 Å². The highest BCUT2D eigenvalue weighted by atomic mass is 35.5. The molecule has 0 spiro atoms. The zero-order chi connectivity index (χ0) is 29.0. The molecule has 0 radical (unpaired) electrons. The largest absolute Gasteiger partial charge is 1.00 e. The summed E-state index contributed by atoms with van der Waals surface area (Å²) in [5, 5.41) is 29.9. The number of nitrogens with one attached hydrogen (secondary N) is 4. The molecule has 0 atom stereocenters. The van der Waals surface area contributed by atoms with Crippen molar-refractivity contribution in [3.63, 3.8) is 0 Å². The first kappa shape index (κ1) is 32.8.